The molecule has 0 aliphatic carbocycles. The third kappa shape index (κ3) is 4.03. The molecule has 3 rings (SSSR count). The molecule has 0 bridgehead atoms. The summed E-state index contributed by atoms with van der Waals surface area (Å²) in [5.74, 6) is -1.51. The lowest BCUT2D eigenvalue weighted by Crippen LogP contribution is -2.34. The Labute approximate surface area is 160 Å². The van der Waals surface area contributed by atoms with Gasteiger partial charge in [0.1, 0.15) is 10.7 Å². The minimum absolute atomic E-state index is 0.0455. The van der Waals surface area contributed by atoms with Gasteiger partial charge in [0.05, 0.1) is 23.7 Å². The van der Waals surface area contributed by atoms with Crippen molar-refractivity contribution in [2.24, 2.45) is 5.10 Å². The van der Waals surface area contributed by atoms with E-state index in [1.807, 2.05) is 0 Å². The number of hydrogen-bond donors (Lipinski definition) is 1. The molecule has 0 fully saturated rings. The Morgan fingerprint density at radius 2 is 2.04 bits per heavy atom. The van der Waals surface area contributed by atoms with Gasteiger partial charge in [-0.2, -0.15) is 5.10 Å². The van der Waals surface area contributed by atoms with Crippen LogP contribution in [0, 0.1) is 0 Å². The number of fused-ring (bicyclic) bond motifs is 1. The molecule has 27 heavy (non-hydrogen) atoms. The molecule has 0 atom stereocenters. The second-order valence-corrected chi connectivity index (χ2v) is 9.48. The number of thiophene rings is 1. The summed E-state index contributed by atoms with van der Waals surface area (Å²) < 4.78 is 28.9. The van der Waals surface area contributed by atoms with Crippen LogP contribution in [-0.2, 0) is 36.3 Å². The molecule has 146 valence electrons. The van der Waals surface area contributed by atoms with E-state index in [1.165, 1.54) is 7.05 Å². The number of hydrogen-bond acceptors (Lipinski definition) is 8. The van der Waals surface area contributed by atoms with Crippen molar-refractivity contribution in [3.63, 3.8) is 0 Å². The number of sulfone groups is 1. The highest BCUT2D eigenvalue weighted by Crippen LogP contribution is 2.38. The zero-order valence-electron chi connectivity index (χ0n) is 14.9. The van der Waals surface area contributed by atoms with Gasteiger partial charge >= 0.3 is 5.97 Å². The van der Waals surface area contributed by atoms with Crippen LogP contribution in [0.25, 0.3) is 0 Å². The predicted molar refractivity (Wildman–Crippen MR) is 99.5 cm³/mol. The molecule has 9 nitrogen and oxygen atoms in total. The summed E-state index contributed by atoms with van der Waals surface area (Å²) in [4.78, 5) is 37.0. The van der Waals surface area contributed by atoms with Crippen molar-refractivity contribution in [3.8, 4) is 0 Å². The molecule has 1 aromatic heterocycles. The molecular formula is C16H19N3O6S2. The molecule has 1 aromatic rings. The third-order valence-corrected chi connectivity index (χ3v) is 7.17. The molecule has 1 N–H and O–H groups in total. The molecule has 3 heterocycles. The Morgan fingerprint density at radius 3 is 2.70 bits per heavy atom. The fraction of sp³-hybridized carbons (Fsp3) is 0.500. The predicted octanol–water partition coefficient (Wildman–Crippen LogP) is 0.942. The molecule has 2 aliphatic heterocycles. The number of amides is 2. The van der Waals surface area contributed by atoms with Crippen LogP contribution >= 0.6 is 11.3 Å². The number of carbonyl (C=O) groups excluding carboxylic acids is 3. The topological polar surface area (TPSA) is 122 Å². The van der Waals surface area contributed by atoms with Crippen LogP contribution in [0.4, 0.5) is 5.00 Å². The third-order valence-electron chi connectivity index (χ3n) is 4.28. The number of anilines is 1. The number of nitrogens with one attached hydrogen (secondary N) is 1. The Kier molecular flexibility index (Phi) is 5.33. The summed E-state index contributed by atoms with van der Waals surface area (Å²) in [6.07, 6.45) is 0.576. The SMILES string of the molecule is CCOC(=O)c1c(NC(=O)C2=NN(C)C(=O)CC2)sc2c1CCS(=O)(=O)C2. The molecule has 0 radical (unpaired) electrons. The van der Waals surface area contributed by atoms with E-state index in [9.17, 15) is 22.8 Å². The molecular weight excluding hydrogens is 394 g/mol. The minimum Gasteiger partial charge on any atom is -0.462 e. The lowest BCUT2D eigenvalue weighted by molar-refractivity contribution is -0.130. The second-order valence-electron chi connectivity index (χ2n) is 6.19. The Bertz CT molecular complexity index is 948. The van der Waals surface area contributed by atoms with E-state index >= 15 is 0 Å². The molecule has 0 unspecified atom stereocenters. The standard InChI is InChI=1S/C16H19N3O6S2/c1-3-25-16(22)13-9-6-7-27(23,24)8-11(9)26-15(13)17-14(21)10-4-5-12(20)19(2)18-10/h3-8H2,1-2H3,(H,17,21). The van der Waals surface area contributed by atoms with Crippen LogP contribution in [-0.4, -0.2) is 56.3 Å². The summed E-state index contributed by atoms with van der Waals surface area (Å²) >= 11 is 1.06. The van der Waals surface area contributed by atoms with E-state index in [4.69, 9.17) is 4.74 Å². The van der Waals surface area contributed by atoms with Gasteiger partial charge in [-0.3, -0.25) is 9.59 Å². The molecule has 0 saturated heterocycles. The smallest absolute Gasteiger partial charge is 0.341 e. The number of esters is 1. The monoisotopic (exact) mass is 413 g/mol. The quantitative estimate of drug-likeness (QED) is 0.733. The van der Waals surface area contributed by atoms with Gasteiger partial charge in [0, 0.05) is 24.8 Å². The first-order valence-electron chi connectivity index (χ1n) is 8.39. The fourth-order valence-electron chi connectivity index (χ4n) is 2.94. The molecule has 0 spiro atoms. The van der Waals surface area contributed by atoms with E-state index in [0.29, 0.717) is 10.4 Å². The Hall–Kier alpha value is -2.27. The maximum Gasteiger partial charge on any atom is 0.341 e. The molecule has 0 aromatic carbocycles. The van der Waals surface area contributed by atoms with E-state index in [-0.39, 0.29) is 59.6 Å². The molecule has 11 heteroatoms. The van der Waals surface area contributed by atoms with Gasteiger partial charge in [0.2, 0.25) is 5.91 Å². The fourth-order valence-corrected chi connectivity index (χ4v) is 5.97. The summed E-state index contributed by atoms with van der Waals surface area (Å²) in [6.45, 7) is 1.83. The highest BCUT2D eigenvalue weighted by molar-refractivity contribution is 7.90. The van der Waals surface area contributed by atoms with Crippen molar-refractivity contribution in [3.05, 3.63) is 16.0 Å². The maximum absolute atomic E-state index is 12.5. The number of ether oxygens (including phenoxy) is 1. The van der Waals surface area contributed by atoms with Gasteiger partial charge in [-0.15, -0.1) is 11.3 Å². The zero-order chi connectivity index (χ0) is 19.8. The molecule has 2 aliphatic rings. The van der Waals surface area contributed by atoms with E-state index in [0.717, 1.165) is 16.3 Å². The Morgan fingerprint density at radius 1 is 1.30 bits per heavy atom. The van der Waals surface area contributed by atoms with Gasteiger partial charge in [-0.1, -0.05) is 0 Å². The number of rotatable bonds is 4. The highest BCUT2D eigenvalue weighted by Gasteiger charge is 2.33. The van der Waals surface area contributed by atoms with Crippen LogP contribution in [0.2, 0.25) is 0 Å². The van der Waals surface area contributed by atoms with Gasteiger partial charge in [0.25, 0.3) is 5.91 Å². The van der Waals surface area contributed by atoms with E-state index in [1.54, 1.807) is 6.92 Å². The lowest BCUT2D eigenvalue weighted by Gasteiger charge is -2.18. The van der Waals surface area contributed by atoms with Gasteiger partial charge < -0.3 is 10.1 Å². The lowest BCUT2D eigenvalue weighted by atomic mass is 10.1. The normalized spacial score (nSPS) is 18.5. The van der Waals surface area contributed by atoms with Crippen LogP contribution in [0.15, 0.2) is 5.10 Å². The summed E-state index contributed by atoms with van der Waals surface area (Å²) in [6, 6.07) is 0. The maximum atomic E-state index is 12.5. The Balaban J connectivity index is 1.94. The van der Waals surface area contributed by atoms with Gasteiger partial charge in [-0.25, -0.2) is 18.2 Å². The molecule has 2 amide bonds. The first-order valence-corrected chi connectivity index (χ1v) is 11.0. The van der Waals surface area contributed by atoms with Crippen LogP contribution in [0.1, 0.15) is 40.6 Å². The first-order chi connectivity index (χ1) is 12.7. The summed E-state index contributed by atoms with van der Waals surface area (Å²) in [5, 5.41) is 7.97. The summed E-state index contributed by atoms with van der Waals surface area (Å²) in [5.41, 5.74) is 0.994. The number of hydrazone groups is 1. The second kappa shape index (κ2) is 7.39. The van der Waals surface area contributed by atoms with Crippen LogP contribution in [0.5, 0.6) is 0 Å². The van der Waals surface area contributed by atoms with Crippen molar-refractivity contribution in [1.82, 2.24) is 5.01 Å². The summed E-state index contributed by atoms with van der Waals surface area (Å²) in [7, 11) is -1.76. The van der Waals surface area contributed by atoms with Crippen molar-refractivity contribution >= 4 is 49.7 Å². The first kappa shape index (κ1) is 19.5. The zero-order valence-corrected chi connectivity index (χ0v) is 16.5. The van der Waals surface area contributed by atoms with Crippen LogP contribution in [0.3, 0.4) is 0 Å². The minimum atomic E-state index is -3.22. The number of carbonyl (C=O) groups is 3. The average Bonchev–Trinajstić information content (AvgIpc) is 2.93. The highest BCUT2D eigenvalue weighted by atomic mass is 32.2. The van der Waals surface area contributed by atoms with Crippen molar-refractivity contribution in [1.29, 1.82) is 0 Å². The van der Waals surface area contributed by atoms with Crippen molar-refractivity contribution in [2.45, 2.75) is 31.9 Å². The molecule has 0 saturated carbocycles. The van der Waals surface area contributed by atoms with E-state index < -0.39 is 21.7 Å². The van der Waals surface area contributed by atoms with Crippen molar-refractivity contribution in [2.75, 3.05) is 24.7 Å². The largest absolute Gasteiger partial charge is 0.462 e. The van der Waals surface area contributed by atoms with E-state index in [2.05, 4.69) is 10.4 Å². The van der Waals surface area contributed by atoms with Gasteiger partial charge in [-0.05, 0) is 18.9 Å². The van der Waals surface area contributed by atoms with Crippen molar-refractivity contribution < 1.29 is 27.5 Å². The average molecular weight is 413 g/mol. The van der Waals surface area contributed by atoms with Gasteiger partial charge in [0.15, 0.2) is 9.84 Å². The van der Waals surface area contributed by atoms with Crippen LogP contribution < -0.4 is 5.32 Å². The number of nitrogens with zero attached hydrogens (tertiary/aromatic N) is 2.